The van der Waals surface area contributed by atoms with Crippen molar-refractivity contribution < 1.29 is 24.3 Å². The van der Waals surface area contributed by atoms with E-state index in [9.17, 15) is 9.59 Å². The molecule has 0 spiro atoms. The first kappa shape index (κ1) is 33.3. The van der Waals surface area contributed by atoms with Crippen LogP contribution >= 0.6 is 0 Å². The fourth-order valence-corrected chi connectivity index (χ4v) is 8.13. The molecule has 5 aliphatic rings. The minimum atomic E-state index is -1.01. The predicted molar refractivity (Wildman–Crippen MR) is 171 cm³/mol. The van der Waals surface area contributed by atoms with Gasteiger partial charge in [0.25, 0.3) is 0 Å². The van der Waals surface area contributed by atoms with Crippen LogP contribution in [0.3, 0.4) is 0 Å². The number of nitrogens with one attached hydrogen (secondary N) is 1. The molecule has 9 heteroatoms. The van der Waals surface area contributed by atoms with Crippen LogP contribution < -0.4 is 5.32 Å². The molecule has 5 atom stereocenters. The number of ether oxygens (including phenoxy) is 1. The van der Waals surface area contributed by atoms with Crippen molar-refractivity contribution in [2.45, 2.75) is 103 Å². The van der Waals surface area contributed by atoms with Gasteiger partial charge in [0, 0.05) is 38.6 Å². The van der Waals surface area contributed by atoms with Gasteiger partial charge in [-0.05, 0) is 80.5 Å². The summed E-state index contributed by atoms with van der Waals surface area (Å²) in [7, 11) is 4.28. The van der Waals surface area contributed by atoms with E-state index in [1.807, 2.05) is 5.06 Å². The van der Waals surface area contributed by atoms with Gasteiger partial charge in [-0.3, -0.25) is 14.5 Å². The summed E-state index contributed by atoms with van der Waals surface area (Å²) in [5, 5.41) is 14.2. The molecule has 246 valence electrons. The van der Waals surface area contributed by atoms with Gasteiger partial charge in [-0.25, -0.2) is 4.79 Å². The highest BCUT2D eigenvalue weighted by Gasteiger charge is 2.53. The number of hydrogen-bond donors (Lipinski definition) is 2. The summed E-state index contributed by atoms with van der Waals surface area (Å²) < 4.78 is 5.37. The second-order valence-electron chi connectivity index (χ2n) is 15.0. The van der Waals surface area contributed by atoms with Crippen LogP contribution in [-0.4, -0.2) is 97.0 Å². The summed E-state index contributed by atoms with van der Waals surface area (Å²) in [6, 6.07) is 8.46. The highest BCUT2D eigenvalue weighted by Crippen LogP contribution is 2.59. The summed E-state index contributed by atoms with van der Waals surface area (Å²) in [6.45, 7) is 9.14. The smallest absolute Gasteiger partial charge is 0.329 e. The number of aliphatic carboxylic acids is 1. The van der Waals surface area contributed by atoms with Crippen LogP contribution in [-0.2, 0) is 32.3 Å². The predicted octanol–water partition coefficient (Wildman–Crippen LogP) is 4.55. The molecule has 9 nitrogen and oxygen atoms in total. The van der Waals surface area contributed by atoms with E-state index in [0.717, 1.165) is 50.5 Å². The standard InChI is InChI=1S/C35H56N4O5/c1-35(2)28-16-29(35)18-30(17-28)36-34(42)32-19-31(23-43-24-33(40)41)44-39(32)22-27-12-8-11-26(15-27)21-38(14-13-37(3)4)20-25-9-6-5-7-10-25/h8,11-12,15,25,28-32H,5-7,9-10,13-14,16-24H2,1-4H3,(H,36,42)(H,40,41)/t28-,29+,30?,31?,32-/m0/s1. The quantitative estimate of drug-likeness (QED) is 0.298. The van der Waals surface area contributed by atoms with Crippen LogP contribution in [0.15, 0.2) is 24.3 Å². The zero-order valence-electron chi connectivity index (χ0n) is 27.5. The van der Waals surface area contributed by atoms with Crippen molar-refractivity contribution in [1.29, 1.82) is 0 Å². The zero-order chi connectivity index (χ0) is 31.3. The van der Waals surface area contributed by atoms with Crippen molar-refractivity contribution in [3.05, 3.63) is 35.4 Å². The van der Waals surface area contributed by atoms with E-state index in [1.165, 1.54) is 44.1 Å². The highest BCUT2D eigenvalue weighted by atomic mass is 16.7. The van der Waals surface area contributed by atoms with Gasteiger partial charge < -0.3 is 20.1 Å². The Morgan fingerprint density at radius 3 is 2.45 bits per heavy atom. The molecule has 2 unspecified atom stereocenters. The number of benzene rings is 1. The Morgan fingerprint density at radius 1 is 1.05 bits per heavy atom. The fourth-order valence-electron chi connectivity index (χ4n) is 8.13. The van der Waals surface area contributed by atoms with Crippen molar-refractivity contribution in [3.8, 4) is 0 Å². The Hall–Kier alpha value is -2.04. The lowest BCUT2D eigenvalue weighted by atomic mass is 9.48. The lowest BCUT2D eigenvalue weighted by Crippen LogP contribution is -2.57. The maximum atomic E-state index is 13.7. The first-order chi connectivity index (χ1) is 21.1. The Labute approximate surface area is 264 Å². The van der Waals surface area contributed by atoms with Gasteiger partial charge in [0.15, 0.2) is 0 Å². The molecule has 1 aromatic rings. The van der Waals surface area contributed by atoms with E-state index in [2.05, 4.69) is 67.3 Å². The number of likely N-dealkylation sites (N-methyl/N-ethyl adjacent to an activating group) is 1. The molecule has 44 heavy (non-hydrogen) atoms. The molecule has 1 heterocycles. The average Bonchev–Trinajstić information content (AvgIpc) is 3.38. The fraction of sp³-hybridized carbons (Fsp3) is 0.771. The average molecular weight is 613 g/mol. The molecule has 6 rings (SSSR count). The third-order valence-electron chi connectivity index (χ3n) is 10.9. The number of hydroxylamine groups is 2. The summed E-state index contributed by atoms with van der Waals surface area (Å²) in [4.78, 5) is 35.8. The van der Waals surface area contributed by atoms with Crippen molar-refractivity contribution >= 4 is 11.9 Å². The summed E-state index contributed by atoms with van der Waals surface area (Å²) in [6.07, 6.45) is 10.3. The lowest BCUT2D eigenvalue weighted by Gasteiger charge is -2.59. The van der Waals surface area contributed by atoms with Gasteiger partial charge in [0.1, 0.15) is 18.8 Å². The number of hydrogen-bond acceptors (Lipinski definition) is 7. The Kier molecular flexibility index (Phi) is 11.4. The Balaban J connectivity index is 1.23. The van der Waals surface area contributed by atoms with E-state index in [-0.39, 0.29) is 31.3 Å². The van der Waals surface area contributed by atoms with E-state index in [0.29, 0.717) is 30.2 Å². The van der Waals surface area contributed by atoms with E-state index >= 15 is 0 Å². The molecule has 1 saturated heterocycles. The van der Waals surface area contributed by atoms with Crippen LogP contribution in [0.5, 0.6) is 0 Å². The molecular formula is C35H56N4O5. The molecule has 2 N–H and O–H groups in total. The van der Waals surface area contributed by atoms with Gasteiger partial charge in [0.2, 0.25) is 5.91 Å². The summed E-state index contributed by atoms with van der Waals surface area (Å²) >= 11 is 0. The maximum Gasteiger partial charge on any atom is 0.329 e. The second kappa shape index (κ2) is 15.0. The molecule has 5 fully saturated rings. The molecule has 2 bridgehead atoms. The van der Waals surface area contributed by atoms with Crippen molar-refractivity contribution in [3.63, 3.8) is 0 Å². The third kappa shape index (κ3) is 8.81. The largest absolute Gasteiger partial charge is 0.480 e. The zero-order valence-corrected chi connectivity index (χ0v) is 27.5. The second-order valence-corrected chi connectivity index (χ2v) is 15.0. The number of carbonyl (C=O) groups excluding carboxylic acids is 1. The number of nitrogens with zero attached hydrogens (tertiary/aromatic N) is 3. The molecule has 1 aliphatic heterocycles. The number of carbonyl (C=O) groups is 2. The first-order valence-corrected chi connectivity index (χ1v) is 17.0. The number of rotatable bonds is 15. The Bertz CT molecular complexity index is 1090. The van der Waals surface area contributed by atoms with Gasteiger partial charge in [0.05, 0.1) is 13.2 Å². The number of carboxylic acids is 1. The summed E-state index contributed by atoms with van der Waals surface area (Å²) in [5.41, 5.74) is 2.78. The number of fused-ring (bicyclic) bond motifs is 2. The maximum absolute atomic E-state index is 13.7. The van der Waals surface area contributed by atoms with Crippen LogP contribution in [0.2, 0.25) is 0 Å². The molecule has 1 aromatic carbocycles. The number of carboxylic acid groups (broad SMARTS) is 1. The van der Waals surface area contributed by atoms with Crippen LogP contribution in [0, 0.1) is 23.2 Å². The van der Waals surface area contributed by atoms with Crippen LogP contribution in [0.25, 0.3) is 0 Å². The van der Waals surface area contributed by atoms with Crippen LogP contribution in [0.4, 0.5) is 0 Å². The molecule has 0 aromatic heterocycles. The first-order valence-electron chi connectivity index (χ1n) is 17.0. The minimum absolute atomic E-state index is 0.00772. The third-order valence-corrected chi connectivity index (χ3v) is 10.9. The van der Waals surface area contributed by atoms with Crippen LogP contribution in [0.1, 0.15) is 82.8 Å². The van der Waals surface area contributed by atoms with Crippen molar-refractivity contribution in [1.82, 2.24) is 20.2 Å². The van der Waals surface area contributed by atoms with E-state index < -0.39 is 12.0 Å². The highest BCUT2D eigenvalue weighted by molar-refractivity contribution is 5.82. The minimum Gasteiger partial charge on any atom is -0.480 e. The Morgan fingerprint density at radius 2 is 1.77 bits per heavy atom. The molecule has 4 aliphatic carbocycles. The van der Waals surface area contributed by atoms with E-state index in [4.69, 9.17) is 14.7 Å². The molecular weight excluding hydrogens is 556 g/mol. The monoisotopic (exact) mass is 612 g/mol. The lowest BCUT2D eigenvalue weighted by molar-refractivity contribution is -0.186. The molecule has 4 saturated carbocycles. The number of amides is 1. The van der Waals surface area contributed by atoms with Gasteiger partial charge in [-0.15, -0.1) is 0 Å². The normalized spacial score (nSPS) is 28.7. The van der Waals surface area contributed by atoms with Crippen molar-refractivity contribution in [2.75, 3.05) is 46.9 Å². The van der Waals surface area contributed by atoms with Gasteiger partial charge >= 0.3 is 5.97 Å². The SMILES string of the molecule is CN(C)CCN(Cc1cccc(CN2OC(COCC(=O)O)C[C@H]2C(=O)NC2C[C@@H]3C[C@H](C2)C3(C)C)c1)CC1CCCCC1. The van der Waals surface area contributed by atoms with Crippen molar-refractivity contribution in [2.24, 2.45) is 23.2 Å². The van der Waals surface area contributed by atoms with Gasteiger partial charge in [-0.2, -0.15) is 5.06 Å². The molecule has 1 amide bonds. The van der Waals surface area contributed by atoms with E-state index in [1.54, 1.807) is 0 Å². The molecule has 0 radical (unpaired) electrons. The van der Waals surface area contributed by atoms with Gasteiger partial charge in [-0.1, -0.05) is 57.4 Å². The topological polar surface area (TPSA) is 94.6 Å². The summed E-state index contributed by atoms with van der Waals surface area (Å²) in [5.74, 6) is 1.14.